The molecule has 0 aliphatic carbocycles. The van der Waals surface area contributed by atoms with Crippen LogP contribution in [0, 0.1) is 25.2 Å². The lowest BCUT2D eigenvalue weighted by atomic mass is 10.1. The van der Waals surface area contributed by atoms with Crippen molar-refractivity contribution in [2.45, 2.75) is 32.7 Å². The van der Waals surface area contributed by atoms with Crippen molar-refractivity contribution in [1.82, 2.24) is 5.32 Å². The first-order valence-corrected chi connectivity index (χ1v) is 6.64. The van der Waals surface area contributed by atoms with Gasteiger partial charge in [0.05, 0.1) is 12.5 Å². The maximum Gasteiger partial charge on any atom is 0.0638 e. The van der Waals surface area contributed by atoms with Crippen LogP contribution in [0.1, 0.15) is 24.0 Å². The number of anilines is 1. The zero-order valence-electron chi connectivity index (χ0n) is 11.2. The van der Waals surface area contributed by atoms with Gasteiger partial charge in [-0.15, -0.1) is 0 Å². The van der Waals surface area contributed by atoms with Crippen LogP contribution in [0.3, 0.4) is 0 Å². The zero-order valence-corrected chi connectivity index (χ0v) is 11.2. The average Bonchev–Trinajstić information content (AvgIpc) is 2.59. The minimum Gasteiger partial charge on any atom is -0.370 e. The summed E-state index contributed by atoms with van der Waals surface area (Å²) in [5, 5.41) is 12.3. The Morgan fingerprint density at radius 2 is 2.28 bits per heavy atom. The highest BCUT2D eigenvalue weighted by Crippen LogP contribution is 2.24. The van der Waals surface area contributed by atoms with Crippen LogP contribution in [0.5, 0.6) is 0 Å². The van der Waals surface area contributed by atoms with Gasteiger partial charge in [-0.05, 0) is 44.0 Å². The van der Waals surface area contributed by atoms with Gasteiger partial charge in [-0.3, -0.25) is 0 Å². The first-order valence-electron chi connectivity index (χ1n) is 6.64. The van der Waals surface area contributed by atoms with Gasteiger partial charge in [0.1, 0.15) is 0 Å². The van der Waals surface area contributed by atoms with Gasteiger partial charge in [0.2, 0.25) is 0 Å². The Kier molecular flexibility index (Phi) is 4.22. The predicted molar refractivity (Wildman–Crippen MR) is 74.8 cm³/mol. The van der Waals surface area contributed by atoms with Crippen molar-refractivity contribution >= 4 is 5.69 Å². The van der Waals surface area contributed by atoms with Crippen LogP contribution in [0.15, 0.2) is 18.2 Å². The van der Waals surface area contributed by atoms with E-state index in [0.717, 1.165) is 26.1 Å². The van der Waals surface area contributed by atoms with Crippen molar-refractivity contribution in [3.63, 3.8) is 0 Å². The van der Waals surface area contributed by atoms with Crippen molar-refractivity contribution in [3.8, 4) is 6.07 Å². The Labute approximate surface area is 109 Å². The average molecular weight is 243 g/mol. The summed E-state index contributed by atoms with van der Waals surface area (Å²) in [4.78, 5) is 2.42. The van der Waals surface area contributed by atoms with E-state index in [1.807, 2.05) is 0 Å². The molecule has 1 aliphatic rings. The van der Waals surface area contributed by atoms with Crippen LogP contribution in [0.2, 0.25) is 0 Å². The molecule has 18 heavy (non-hydrogen) atoms. The van der Waals surface area contributed by atoms with E-state index in [0.29, 0.717) is 6.42 Å². The molecule has 2 rings (SSSR count). The highest BCUT2D eigenvalue weighted by atomic mass is 15.2. The maximum atomic E-state index is 8.86. The Morgan fingerprint density at radius 1 is 1.44 bits per heavy atom. The van der Waals surface area contributed by atoms with Crippen molar-refractivity contribution in [2.24, 2.45) is 0 Å². The molecule has 1 aromatic carbocycles. The molecule has 1 saturated heterocycles. The van der Waals surface area contributed by atoms with Crippen molar-refractivity contribution in [3.05, 3.63) is 29.3 Å². The third kappa shape index (κ3) is 2.83. The summed E-state index contributed by atoms with van der Waals surface area (Å²) in [6, 6.07) is 9.03. The van der Waals surface area contributed by atoms with E-state index in [1.54, 1.807) is 0 Å². The van der Waals surface area contributed by atoms with Gasteiger partial charge in [0.25, 0.3) is 0 Å². The third-order valence-corrected chi connectivity index (χ3v) is 3.73. The van der Waals surface area contributed by atoms with Crippen molar-refractivity contribution < 1.29 is 0 Å². The van der Waals surface area contributed by atoms with Crippen LogP contribution >= 0.6 is 0 Å². The number of hydrogen-bond donors (Lipinski definition) is 1. The molecule has 0 spiro atoms. The van der Waals surface area contributed by atoms with Crippen molar-refractivity contribution in [1.29, 1.82) is 5.26 Å². The molecule has 0 aromatic heterocycles. The quantitative estimate of drug-likeness (QED) is 0.867. The second-order valence-corrected chi connectivity index (χ2v) is 5.03. The predicted octanol–water partition coefficient (Wildman–Crippen LogP) is 2.39. The smallest absolute Gasteiger partial charge is 0.0638 e. The summed E-state index contributed by atoms with van der Waals surface area (Å²) in [5.41, 5.74) is 4.01. The van der Waals surface area contributed by atoms with E-state index in [9.17, 15) is 0 Å². The molecular formula is C15H21N3. The van der Waals surface area contributed by atoms with Crippen molar-refractivity contribution in [2.75, 3.05) is 24.5 Å². The number of rotatable bonds is 2. The van der Waals surface area contributed by atoms with Crippen LogP contribution in [-0.4, -0.2) is 25.7 Å². The Morgan fingerprint density at radius 3 is 3.06 bits per heavy atom. The summed E-state index contributed by atoms with van der Waals surface area (Å²) in [7, 11) is 0. The van der Waals surface area contributed by atoms with Gasteiger partial charge in [-0.2, -0.15) is 5.26 Å². The molecule has 96 valence electrons. The highest BCUT2D eigenvalue weighted by molar-refractivity contribution is 5.56. The fourth-order valence-electron chi connectivity index (χ4n) is 2.54. The molecule has 0 saturated carbocycles. The zero-order chi connectivity index (χ0) is 13.0. The molecule has 1 fully saturated rings. The highest BCUT2D eigenvalue weighted by Gasteiger charge is 2.19. The van der Waals surface area contributed by atoms with Gasteiger partial charge < -0.3 is 10.2 Å². The number of benzene rings is 1. The SMILES string of the molecule is Cc1cccc(N2CCCNC(CC#N)C2)c1C. The number of aryl methyl sites for hydroxylation is 1. The molecule has 0 radical (unpaired) electrons. The van der Waals surface area contributed by atoms with Gasteiger partial charge in [0, 0.05) is 24.8 Å². The summed E-state index contributed by atoms with van der Waals surface area (Å²) in [6.07, 6.45) is 1.72. The Hall–Kier alpha value is -1.53. The van der Waals surface area contributed by atoms with E-state index in [1.165, 1.54) is 16.8 Å². The lowest BCUT2D eigenvalue weighted by Crippen LogP contribution is -2.37. The van der Waals surface area contributed by atoms with E-state index in [4.69, 9.17) is 5.26 Å². The fraction of sp³-hybridized carbons (Fsp3) is 0.533. The van der Waals surface area contributed by atoms with Crippen LogP contribution in [0.4, 0.5) is 5.69 Å². The Balaban J connectivity index is 2.20. The molecule has 0 amide bonds. The molecule has 3 nitrogen and oxygen atoms in total. The van der Waals surface area contributed by atoms with Crippen LogP contribution in [0.25, 0.3) is 0 Å². The number of nitrogens with one attached hydrogen (secondary N) is 1. The molecule has 0 bridgehead atoms. The summed E-state index contributed by atoms with van der Waals surface area (Å²) >= 11 is 0. The molecule has 1 atom stereocenters. The second kappa shape index (κ2) is 5.88. The first kappa shape index (κ1) is 12.9. The molecule has 1 aliphatic heterocycles. The molecule has 1 unspecified atom stereocenters. The largest absolute Gasteiger partial charge is 0.370 e. The summed E-state index contributed by atoms with van der Waals surface area (Å²) in [6.45, 7) is 7.34. The minimum atomic E-state index is 0.289. The second-order valence-electron chi connectivity index (χ2n) is 5.03. The summed E-state index contributed by atoms with van der Waals surface area (Å²) < 4.78 is 0. The summed E-state index contributed by atoms with van der Waals surface area (Å²) in [5.74, 6) is 0. The maximum absolute atomic E-state index is 8.86. The third-order valence-electron chi connectivity index (χ3n) is 3.73. The first-order chi connectivity index (χ1) is 8.72. The van der Waals surface area contributed by atoms with Crippen LogP contribution in [-0.2, 0) is 0 Å². The number of hydrogen-bond acceptors (Lipinski definition) is 3. The molecule has 1 heterocycles. The normalized spacial score (nSPS) is 20.3. The van der Waals surface area contributed by atoms with Gasteiger partial charge in [0.15, 0.2) is 0 Å². The number of nitriles is 1. The van der Waals surface area contributed by atoms with Gasteiger partial charge in [-0.25, -0.2) is 0 Å². The standard InChI is InChI=1S/C15H21N3/c1-12-5-3-6-15(13(12)2)18-10-4-9-17-14(11-18)7-8-16/h3,5-6,14,17H,4,7,9-11H2,1-2H3. The van der Waals surface area contributed by atoms with Gasteiger partial charge in [-0.1, -0.05) is 12.1 Å². The number of nitrogens with zero attached hydrogens (tertiary/aromatic N) is 2. The van der Waals surface area contributed by atoms with E-state index < -0.39 is 0 Å². The molecule has 1 aromatic rings. The molecule has 1 N–H and O–H groups in total. The van der Waals surface area contributed by atoms with E-state index >= 15 is 0 Å². The fourth-order valence-corrected chi connectivity index (χ4v) is 2.54. The van der Waals surface area contributed by atoms with E-state index in [-0.39, 0.29) is 6.04 Å². The molecule has 3 heteroatoms. The Bertz CT molecular complexity index is 448. The minimum absolute atomic E-state index is 0.289. The van der Waals surface area contributed by atoms with Gasteiger partial charge >= 0.3 is 0 Å². The van der Waals surface area contributed by atoms with E-state index in [2.05, 4.69) is 48.3 Å². The molecular weight excluding hydrogens is 222 g/mol. The topological polar surface area (TPSA) is 39.1 Å². The monoisotopic (exact) mass is 243 g/mol. The van der Waals surface area contributed by atoms with Crippen LogP contribution < -0.4 is 10.2 Å². The lowest BCUT2D eigenvalue weighted by Gasteiger charge is -2.27. The lowest BCUT2D eigenvalue weighted by molar-refractivity contribution is 0.552.